The zero-order valence-corrected chi connectivity index (χ0v) is 18.0. The molecular weight excluding hydrogens is 392 g/mol. The van der Waals surface area contributed by atoms with E-state index in [1.54, 1.807) is 17.3 Å². The summed E-state index contributed by atoms with van der Waals surface area (Å²) in [5.41, 5.74) is 7.90. The van der Waals surface area contributed by atoms with Gasteiger partial charge in [0.2, 0.25) is 5.95 Å². The van der Waals surface area contributed by atoms with Crippen molar-refractivity contribution in [3.63, 3.8) is 0 Å². The lowest BCUT2D eigenvalue weighted by molar-refractivity contribution is 0.0240. The number of hydrogen-bond acceptors (Lipinski definition) is 6. The second kappa shape index (κ2) is 8.32. The highest BCUT2D eigenvalue weighted by molar-refractivity contribution is 6.33. The summed E-state index contributed by atoms with van der Waals surface area (Å²) in [5.74, 6) is 0.328. The Bertz CT molecular complexity index is 910. The van der Waals surface area contributed by atoms with Crippen LogP contribution in [0.4, 0.5) is 16.4 Å². The van der Waals surface area contributed by atoms with E-state index in [0.29, 0.717) is 37.1 Å². The highest BCUT2D eigenvalue weighted by Gasteiger charge is 2.26. The van der Waals surface area contributed by atoms with Crippen molar-refractivity contribution >= 4 is 35.5 Å². The minimum absolute atomic E-state index is 0.268. The average Bonchev–Trinajstić information content (AvgIpc) is 2.96. The predicted molar refractivity (Wildman–Crippen MR) is 116 cm³/mol. The van der Waals surface area contributed by atoms with Crippen molar-refractivity contribution < 1.29 is 9.53 Å². The van der Waals surface area contributed by atoms with E-state index in [0.717, 1.165) is 16.9 Å². The van der Waals surface area contributed by atoms with Gasteiger partial charge >= 0.3 is 6.09 Å². The molecule has 0 unspecified atom stereocenters. The number of amides is 1. The molecular formula is C20H27ClN6O2. The van der Waals surface area contributed by atoms with E-state index in [9.17, 15) is 4.79 Å². The number of anilines is 2. The number of benzene rings is 1. The molecule has 0 aliphatic carbocycles. The van der Waals surface area contributed by atoms with Crippen molar-refractivity contribution in [1.82, 2.24) is 14.6 Å². The van der Waals surface area contributed by atoms with Crippen LogP contribution in [0.15, 0.2) is 29.5 Å². The van der Waals surface area contributed by atoms with Crippen LogP contribution in [0.5, 0.6) is 0 Å². The van der Waals surface area contributed by atoms with Gasteiger partial charge in [-0.25, -0.2) is 14.5 Å². The summed E-state index contributed by atoms with van der Waals surface area (Å²) in [6.45, 7) is 10.1. The van der Waals surface area contributed by atoms with E-state index < -0.39 is 5.60 Å². The molecule has 3 rings (SSSR count). The number of aryl methyl sites for hydroxylation is 1. The lowest BCUT2D eigenvalue weighted by Gasteiger charge is -2.36. The molecule has 9 heteroatoms. The molecule has 0 saturated carbocycles. The van der Waals surface area contributed by atoms with Gasteiger partial charge in [-0.3, -0.25) is 0 Å². The predicted octanol–water partition coefficient (Wildman–Crippen LogP) is 3.37. The molecule has 0 radical (unpaired) electrons. The maximum Gasteiger partial charge on any atom is 0.410 e. The first-order valence-corrected chi connectivity index (χ1v) is 9.88. The Morgan fingerprint density at radius 2 is 1.97 bits per heavy atom. The molecule has 2 N–H and O–H groups in total. The Labute approximate surface area is 175 Å². The number of nitrogens with zero attached hydrogens (tertiary/aromatic N) is 5. The molecule has 156 valence electrons. The van der Waals surface area contributed by atoms with E-state index in [4.69, 9.17) is 22.1 Å². The molecule has 1 fully saturated rings. The number of carbonyl (C=O) groups excluding carboxylic acids is 1. The maximum atomic E-state index is 12.2. The van der Waals surface area contributed by atoms with Gasteiger partial charge in [0.15, 0.2) is 0 Å². The SMILES string of the molecule is Cc1cn(N=Cc2ccc(N3CCN(C(=O)OC(C)(C)C)CC3)cc2Cl)c(N)n1. The Morgan fingerprint density at radius 1 is 1.28 bits per heavy atom. The van der Waals surface area contributed by atoms with Gasteiger partial charge in [0.25, 0.3) is 0 Å². The summed E-state index contributed by atoms with van der Waals surface area (Å²) < 4.78 is 6.95. The Balaban J connectivity index is 1.62. The maximum absolute atomic E-state index is 12.2. The van der Waals surface area contributed by atoms with Crippen molar-refractivity contribution in [2.24, 2.45) is 5.10 Å². The minimum atomic E-state index is -0.487. The van der Waals surface area contributed by atoms with Gasteiger partial charge in [0.05, 0.1) is 23.1 Å². The lowest BCUT2D eigenvalue weighted by Crippen LogP contribution is -2.50. The van der Waals surface area contributed by atoms with Gasteiger partial charge in [-0.1, -0.05) is 11.6 Å². The van der Waals surface area contributed by atoms with Gasteiger partial charge in [-0.05, 0) is 45.9 Å². The van der Waals surface area contributed by atoms with Gasteiger partial charge in [-0.2, -0.15) is 5.10 Å². The van der Waals surface area contributed by atoms with Crippen LogP contribution in [-0.4, -0.2) is 58.6 Å². The summed E-state index contributed by atoms with van der Waals surface area (Å²) in [5, 5.41) is 4.90. The van der Waals surface area contributed by atoms with Crippen molar-refractivity contribution in [2.75, 3.05) is 36.8 Å². The molecule has 0 spiro atoms. The Morgan fingerprint density at radius 3 is 2.52 bits per heavy atom. The van der Waals surface area contributed by atoms with Gasteiger partial charge in [0, 0.05) is 37.4 Å². The monoisotopic (exact) mass is 418 g/mol. The second-order valence-electron chi connectivity index (χ2n) is 7.99. The molecule has 1 aromatic carbocycles. The van der Waals surface area contributed by atoms with Crippen molar-refractivity contribution in [1.29, 1.82) is 0 Å². The molecule has 2 heterocycles. The Kier molecular flexibility index (Phi) is 6.02. The van der Waals surface area contributed by atoms with Crippen LogP contribution in [0.2, 0.25) is 5.02 Å². The van der Waals surface area contributed by atoms with Crippen LogP contribution in [0.1, 0.15) is 32.0 Å². The number of piperazine rings is 1. The average molecular weight is 419 g/mol. The summed E-state index contributed by atoms with van der Waals surface area (Å²) in [4.78, 5) is 20.3. The number of imidazole rings is 1. The largest absolute Gasteiger partial charge is 0.444 e. The standard InChI is InChI=1S/C20H27ClN6O2/c1-14-13-27(18(22)24-14)23-12-15-5-6-16(11-17(15)21)25-7-9-26(10-8-25)19(28)29-20(2,3)4/h5-6,11-13H,7-10H2,1-4H3,(H2,22,24). The fraction of sp³-hybridized carbons (Fsp3) is 0.450. The van der Waals surface area contributed by atoms with Crippen LogP contribution in [0.3, 0.4) is 0 Å². The molecule has 29 heavy (non-hydrogen) atoms. The summed E-state index contributed by atoms with van der Waals surface area (Å²) in [6.07, 6.45) is 3.14. The first kappa shape index (κ1) is 21.0. The fourth-order valence-corrected chi connectivity index (χ4v) is 3.24. The van der Waals surface area contributed by atoms with Crippen LogP contribution in [0, 0.1) is 6.92 Å². The zero-order valence-electron chi connectivity index (χ0n) is 17.2. The molecule has 2 aromatic rings. The third kappa shape index (κ3) is 5.41. The van der Waals surface area contributed by atoms with Crippen LogP contribution >= 0.6 is 11.6 Å². The topological polar surface area (TPSA) is 89.0 Å². The van der Waals surface area contributed by atoms with Gasteiger partial charge < -0.3 is 20.3 Å². The molecule has 1 aliphatic heterocycles. The number of rotatable bonds is 3. The van der Waals surface area contributed by atoms with Gasteiger partial charge in [-0.15, -0.1) is 0 Å². The molecule has 1 saturated heterocycles. The summed E-state index contributed by atoms with van der Waals surface area (Å²) >= 11 is 6.45. The minimum Gasteiger partial charge on any atom is -0.444 e. The number of hydrogen-bond donors (Lipinski definition) is 1. The first-order chi connectivity index (χ1) is 13.6. The third-order valence-corrected chi connectivity index (χ3v) is 4.76. The third-order valence-electron chi connectivity index (χ3n) is 4.44. The van der Waals surface area contributed by atoms with Crippen molar-refractivity contribution in [3.8, 4) is 0 Å². The number of nitrogens with two attached hydrogens (primary N) is 1. The van der Waals surface area contributed by atoms with E-state index in [1.807, 2.05) is 45.9 Å². The van der Waals surface area contributed by atoms with E-state index >= 15 is 0 Å². The highest BCUT2D eigenvalue weighted by Crippen LogP contribution is 2.24. The number of carbonyl (C=O) groups is 1. The molecule has 1 amide bonds. The lowest BCUT2D eigenvalue weighted by atomic mass is 10.2. The molecule has 0 atom stereocenters. The Hall–Kier alpha value is -2.74. The smallest absolute Gasteiger partial charge is 0.410 e. The first-order valence-electron chi connectivity index (χ1n) is 9.50. The van der Waals surface area contributed by atoms with Crippen molar-refractivity contribution in [2.45, 2.75) is 33.3 Å². The number of halogens is 1. The highest BCUT2D eigenvalue weighted by atomic mass is 35.5. The number of ether oxygens (including phenoxy) is 1. The second-order valence-corrected chi connectivity index (χ2v) is 8.40. The zero-order chi connectivity index (χ0) is 21.2. The molecule has 1 aliphatic rings. The number of aromatic nitrogens is 2. The number of nitrogen functional groups attached to an aromatic ring is 1. The quantitative estimate of drug-likeness (QED) is 0.772. The van der Waals surface area contributed by atoms with Gasteiger partial charge in [0.1, 0.15) is 5.60 Å². The van der Waals surface area contributed by atoms with Crippen molar-refractivity contribution in [3.05, 3.63) is 40.7 Å². The molecule has 0 bridgehead atoms. The van der Waals surface area contributed by atoms with Crippen LogP contribution in [0.25, 0.3) is 0 Å². The molecule has 1 aromatic heterocycles. The summed E-state index contributed by atoms with van der Waals surface area (Å²) in [6, 6.07) is 5.83. The van der Waals surface area contributed by atoms with Crippen LogP contribution < -0.4 is 10.6 Å². The van der Waals surface area contributed by atoms with E-state index in [1.165, 1.54) is 4.68 Å². The van der Waals surface area contributed by atoms with E-state index in [-0.39, 0.29) is 6.09 Å². The summed E-state index contributed by atoms with van der Waals surface area (Å²) in [7, 11) is 0. The fourth-order valence-electron chi connectivity index (χ4n) is 3.01. The van der Waals surface area contributed by atoms with E-state index in [2.05, 4.69) is 15.0 Å². The normalized spacial score (nSPS) is 15.2. The molecule has 8 nitrogen and oxygen atoms in total. The van der Waals surface area contributed by atoms with Crippen LogP contribution in [-0.2, 0) is 4.74 Å².